The zero-order valence-electron chi connectivity index (χ0n) is 18.9. The topological polar surface area (TPSA) is 83.6 Å². The minimum Gasteiger partial charge on any atom is -0.478 e. The van der Waals surface area contributed by atoms with E-state index in [1.165, 1.54) is 18.2 Å². The second-order valence-electron chi connectivity index (χ2n) is 8.14. The Morgan fingerprint density at radius 2 is 1.79 bits per heavy atom. The van der Waals surface area contributed by atoms with Crippen molar-refractivity contribution in [3.05, 3.63) is 76.1 Å². The number of unbranched alkanes of at least 4 members (excludes halogenated alkanes) is 3. The van der Waals surface area contributed by atoms with Crippen molar-refractivity contribution in [1.29, 1.82) is 0 Å². The highest BCUT2D eigenvalue weighted by molar-refractivity contribution is 7.10. The predicted octanol–water partition coefficient (Wildman–Crippen LogP) is 4.69. The number of aromatic amines is 1. The molecule has 34 heavy (non-hydrogen) atoms. The Labute approximate surface area is 200 Å². The highest BCUT2D eigenvalue weighted by Gasteiger charge is 2.31. The number of ether oxygens (including phenoxy) is 1. The molecule has 0 saturated heterocycles. The molecule has 3 rings (SSSR count). The molecule has 6 nitrogen and oxygen atoms in total. The monoisotopic (exact) mass is 492 g/mol. The van der Waals surface area contributed by atoms with E-state index in [2.05, 4.69) is 19.8 Å². The number of rotatable bonds is 14. The molecule has 0 radical (unpaired) electrons. The lowest BCUT2D eigenvalue weighted by Gasteiger charge is -2.17. The van der Waals surface area contributed by atoms with E-state index in [1.807, 2.05) is 0 Å². The summed E-state index contributed by atoms with van der Waals surface area (Å²) in [6.45, 7) is 0.793. The Bertz CT molecular complexity index is 1100. The molecule has 2 atom stereocenters. The van der Waals surface area contributed by atoms with Gasteiger partial charge in [-0.3, -0.25) is 4.79 Å². The number of aliphatic hydroxyl groups is 1. The van der Waals surface area contributed by atoms with Crippen LogP contribution in [0.4, 0.5) is 8.78 Å². The first kappa shape index (κ1) is 26.2. The number of alkyl halides is 2. The van der Waals surface area contributed by atoms with Crippen molar-refractivity contribution in [3.63, 3.8) is 0 Å². The van der Waals surface area contributed by atoms with E-state index in [0.717, 1.165) is 37.6 Å². The van der Waals surface area contributed by atoms with Crippen LogP contribution in [0.3, 0.4) is 0 Å². The average molecular weight is 493 g/mol. The van der Waals surface area contributed by atoms with Crippen molar-refractivity contribution in [2.24, 2.45) is 0 Å². The van der Waals surface area contributed by atoms with Gasteiger partial charge in [-0.05, 0) is 37.1 Å². The van der Waals surface area contributed by atoms with Gasteiger partial charge < -0.3 is 24.7 Å². The maximum atomic E-state index is 14.0. The fourth-order valence-electron chi connectivity index (χ4n) is 3.76. The fourth-order valence-corrected chi connectivity index (χ4v) is 3.96. The summed E-state index contributed by atoms with van der Waals surface area (Å²) < 4.78 is 38.5. The molecule has 0 spiro atoms. The Morgan fingerprint density at radius 1 is 1.03 bits per heavy atom. The largest absolute Gasteiger partial charge is 0.478 e. The normalized spacial score (nSPS) is 12.7. The molecule has 0 aliphatic carbocycles. The first-order chi connectivity index (χ1) is 16.4. The van der Waals surface area contributed by atoms with Crippen LogP contribution in [-0.4, -0.2) is 36.4 Å². The molecule has 0 bridgehead atoms. The number of H-pyrrole nitrogens is 1. The van der Waals surface area contributed by atoms with Crippen LogP contribution in [0.25, 0.3) is 10.9 Å². The summed E-state index contributed by atoms with van der Waals surface area (Å²) in [6.07, 6.45) is 2.70. The average Bonchev–Trinajstić information content (AvgIpc) is 2.84. The standard InChI is InChI=1S/C25H31F2N2O4P/c26-25(27,18-8-4-3-5-9-18)17-32-15-7-2-1-6-14-28-16-21(30)19-10-12-22(33-34)24-20(19)11-13-23(31)29-24/h3-5,8-13,21,28,30H,1-2,6-7,14-17,34H2,(H,29,31)/t21-/m0/s1. The Hall–Kier alpha value is -2.38. The third kappa shape index (κ3) is 7.31. The number of fused-ring (bicyclic) bond motifs is 1. The smallest absolute Gasteiger partial charge is 0.296 e. The molecule has 1 unspecified atom stereocenters. The molecular formula is C25H31F2N2O4P. The molecule has 0 aliphatic heterocycles. The fraction of sp³-hybridized carbons (Fsp3) is 0.400. The number of aliphatic hydroxyl groups excluding tert-OH is 1. The van der Waals surface area contributed by atoms with E-state index in [0.29, 0.717) is 30.0 Å². The van der Waals surface area contributed by atoms with Gasteiger partial charge in [0.1, 0.15) is 12.4 Å². The Morgan fingerprint density at radius 3 is 2.56 bits per heavy atom. The molecule has 0 aliphatic rings. The van der Waals surface area contributed by atoms with Crippen molar-refractivity contribution in [1.82, 2.24) is 10.3 Å². The summed E-state index contributed by atoms with van der Waals surface area (Å²) >= 11 is 0. The summed E-state index contributed by atoms with van der Waals surface area (Å²) in [6, 6.07) is 14.3. The maximum absolute atomic E-state index is 14.0. The van der Waals surface area contributed by atoms with Gasteiger partial charge in [-0.1, -0.05) is 49.2 Å². The van der Waals surface area contributed by atoms with Gasteiger partial charge in [0.25, 0.3) is 5.92 Å². The zero-order chi connectivity index (χ0) is 24.4. The summed E-state index contributed by atoms with van der Waals surface area (Å²) in [5, 5.41) is 14.6. The molecule has 3 N–H and O–H groups in total. The van der Waals surface area contributed by atoms with Crippen molar-refractivity contribution in [2.45, 2.75) is 37.7 Å². The molecule has 1 heterocycles. The number of pyridine rings is 1. The summed E-state index contributed by atoms with van der Waals surface area (Å²) in [5.41, 5.74) is 0.978. The number of benzene rings is 2. The van der Waals surface area contributed by atoms with Crippen LogP contribution in [0.15, 0.2) is 59.4 Å². The van der Waals surface area contributed by atoms with Crippen LogP contribution in [0.5, 0.6) is 5.75 Å². The van der Waals surface area contributed by atoms with Gasteiger partial charge >= 0.3 is 0 Å². The zero-order valence-corrected chi connectivity index (χ0v) is 20.1. The summed E-state index contributed by atoms with van der Waals surface area (Å²) in [7, 11) is 2.15. The minimum atomic E-state index is -2.98. The molecule has 0 saturated carbocycles. The van der Waals surface area contributed by atoms with Crippen LogP contribution < -0.4 is 15.4 Å². The second kappa shape index (κ2) is 12.9. The van der Waals surface area contributed by atoms with Gasteiger partial charge in [-0.15, -0.1) is 0 Å². The molecule has 3 aromatic rings. The molecule has 2 aromatic carbocycles. The van der Waals surface area contributed by atoms with Gasteiger partial charge in [0.2, 0.25) is 5.56 Å². The lowest BCUT2D eigenvalue weighted by Crippen LogP contribution is -2.23. The maximum Gasteiger partial charge on any atom is 0.296 e. The van der Waals surface area contributed by atoms with Crippen LogP contribution >= 0.6 is 9.47 Å². The van der Waals surface area contributed by atoms with E-state index in [-0.39, 0.29) is 11.1 Å². The van der Waals surface area contributed by atoms with Crippen molar-refractivity contribution >= 4 is 20.4 Å². The van der Waals surface area contributed by atoms with E-state index >= 15 is 0 Å². The lowest BCUT2D eigenvalue weighted by atomic mass is 10.0. The van der Waals surface area contributed by atoms with Gasteiger partial charge in [-0.2, -0.15) is 8.78 Å². The van der Waals surface area contributed by atoms with E-state index < -0.39 is 18.6 Å². The van der Waals surface area contributed by atoms with Crippen LogP contribution in [0.1, 0.15) is 42.9 Å². The number of aromatic nitrogens is 1. The van der Waals surface area contributed by atoms with E-state index in [4.69, 9.17) is 9.26 Å². The SMILES string of the molecule is O=c1ccc2c([C@@H](O)CNCCCCCCOCC(F)(F)c3ccccc3)ccc(OP)c2[nH]1. The summed E-state index contributed by atoms with van der Waals surface area (Å²) in [5.74, 6) is -2.47. The van der Waals surface area contributed by atoms with Gasteiger partial charge in [0.15, 0.2) is 0 Å². The van der Waals surface area contributed by atoms with Gasteiger partial charge in [0, 0.05) is 30.2 Å². The predicted molar refractivity (Wildman–Crippen MR) is 132 cm³/mol. The van der Waals surface area contributed by atoms with Crippen LogP contribution in [0, 0.1) is 0 Å². The second-order valence-corrected chi connectivity index (χ2v) is 8.37. The molecule has 9 heteroatoms. The van der Waals surface area contributed by atoms with E-state index in [9.17, 15) is 18.7 Å². The number of nitrogens with one attached hydrogen (secondary N) is 2. The summed E-state index contributed by atoms with van der Waals surface area (Å²) in [4.78, 5) is 14.4. The number of halogens is 2. The van der Waals surface area contributed by atoms with Crippen LogP contribution in [-0.2, 0) is 10.7 Å². The van der Waals surface area contributed by atoms with Crippen molar-refractivity contribution < 1.29 is 23.1 Å². The Kier molecular flexibility index (Phi) is 9.96. The van der Waals surface area contributed by atoms with Crippen molar-refractivity contribution in [3.8, 4) is 5.75 Å². The van der Waals surface area contributed by atoms with Crippen molar-refractivity contribution in [2.75, 3.05) is 26.3 Å². The van der Waals surface area contributed by atoms with Gasteiger partial charge in [0.05, 0.1) is 21.1 Å². The number of hydrogen-bond donors (Lipinski definition) is 3. The quantitative estimate of drug-likeness (QED) is 0.225. The highest BCUT2D eigenvalue weighted by Crippen LogP contribution is 2.30. The molecule has 0 fully saturated rings. The lowest BCUT2D eigenvalue weighted by molar-refractivity contribution is -0.0831. The van der Waals surface area contributed by atoms with E-state index in [1.54, 1.807) is 36.4 Å². The van der Waals surface area contributed by atoms with Gasteiger partial charge in [-0.25, -0.2) is 0 Å². The third-order valence-electron chi connectivity index (χ3n) is 5.59. The molecule has 184 valence electrons. The minimum absolute atomic E-state index is 0.0295. The first-order valence-electron chi connectivity index (χ1n) is 11.3. The highest BCUT2D eigenvalue weighted by atomic mass is 31.0. The first-order valence-corrected chi connectivity index (χ1v) is 11.8. The third-order valence-corrected chi connectivity index (χ3v) is 5.84. The molecule has 0 amide bonds. The van der Waals surface area contributed by atoms with Crippen LogP contribution in [0.2, 0.25) is 0 Å². The Balaban J connectivity index is 1.31. The molecule has 1 aromatic heterocycles. The number of hydrogen-bond acceptors (Lipinski definition) is 5. The molecular weight excluding hydrogens is 461 g/mol.